The Morgan fingerprint density at radius 3 is 1.22 bits per heavy atom. The van der Waals surface area contributed by atoms with E-state index in [2.05, 4.69) is 129 Å². The molecule has 414 valence electrons. The number of aliphatic hydroxyl groups is 1. The van der Waals surface area contributed by atoms with Crippen molar-refractivity contribution in [2.24, 2.45) is 0 Å². The van der Waals surface area contributed by atoms with Crippen molar-refractivity contribution in [1.82, 2.24) is 5.32 Å². The third kappa shape index (κ3) is 54.9. The van der Waals surface area contributed by atoms with Crippen molar-refractivity contribution >= 4 is 13.7 Å². The summed E-state index contributed by atoms with van der Waals surface area (Å²) in [6, 6.07) is -0.767. The zero-order chi connectivity index (χ0) is 52.7. The third-order valence-electron chi connectivity index (χ3n) is 12.5. The van der Waals surface area contributed by atoms with Crippen LogP contribution in [0.5, 0.6) is 0 Å². The van der Waals surface area contributed by atoms with Gasteiger partial charge in [-0.2, -0.15) is 0 Å². The highest BCUT2D eigenvalue weighted by atomic mass is 31.2. The number of carbonyl (C=O) groups excluding carboxylic acids is 1. The Bertz CT molecular complexity index is 1540. The lowest BCUT2D eigenvalue weighted by Crippen LogP contribution is -2.46. The molecule has 0 saturated carbocycles. The zero-order valence-electron chi connectivity index (χ0n) is 47.1. The van der Waals surface area contributed by atoms with E-state index in [0.29, 0.717) is 23.9 Å². The summed E-state index contributed by atoms with van der Waals surface area (Å²) in [4.78, 5) is 23.3. The fraction of sp³-hybridized carbons (Fsp3) is 0.698. The van der Waals surface area contributed by atoms with Crippen LogP contribution in [0, 0.1) is 0 Å². The first-order chi connectivity index (χ1) is 35.0. The van der Waals surface area contributed by atoms with Crippen LogP contribution in [0.3, 0.4) is 0 Å². The number of nitrogens with zero attached hydrogens (tertiary/aromatic N) is 1. The van der Waals surface area contributed by atoms with E-state index in [1.807, 2.05) is 21.1 Å². The Morgan fingerprint density at radius 1 is 0.486 bits per heavy atom. The summed E-state index contributed by atoms with van der Waals surface area (Å²) < 4.78 is 23.7. The number of hydrogen-bond acceptors (Lipinski definition) is 5. The lowest BCUT2D eigenvalue weighted by Gasteiger charge is -2.26. The molecule has 0 aromatic heterocycles. The van der Waals surface area contributed by atoms with Crippen molar-refractivity contribution in [3.05, 3.63) is 109 Å². The minimum Gasteiger partial charge on any atom is -0.391 e. The molecule has 0 heterocycles. The summed E-state index contributed by atoms with van der Waals surface area (Å²) in [6.07, 6.45) is 77.3. The van der Waals surface area contributed by atoms with E-state index in [1.165, 1.54) is 109 Å². The lowest BCUT2D eigenvalue weighted by molar-refractivity contribution is -0.870. The number of phosphoric ester groups is 1. The SMILES string of the molecule is CC/C=C\C/C=C\C/C=C\C/C=C\C/C=C\C/C=C\C/C=C\C/C=C\C/C=C\CCCCCCCCCCCCCC(=O)NC(COP(=O)(O)OCC[N+](C)(C)C)C(O)CCCCCCCCCCCCC. The lowest BCUT2D eigenvalue weighted by atomic mass is 10.0. The van der Waals surface area contributed by atoms with Crippen LogP contribution in [0.1, 0.15) is 232 Å². The normalized spacial score (nSPS) is 14.7. The van der Waals surface area contributed by atoms with Crippen LogP contribution < -0.4 is 5.32 Å². The van der Waals surface area contributed by atoms with E-state index < -0.39 is 20.0 Å². The molecule has 3 unspecified atom stereocenters. The molecule has 3 atom stereocenters. The van der Waals surface area contributed by atoms with Crippen molar-refractivity contribution in [2.75, 3.05) is 40.9 Å². The van der Waals surface area contributed by atoms with Crippen LogP contribution in [0.2, 0.25) is 0 Å². The molecular formula is C63H112N2O6P+. The average Bonchev–Trinajstić information content (AvgIpc) is 3.34. The number of quaternary nitrogens is 1. The Balaban J connectivity index is 4.02. The Kier molecular flexibility index (Phi) is 50.9. The molecular weight excluding hydrogens is 912 g/mol. The van der Waals surface area contributed by atoms with Crippen LogP contribution in [-0.4, -0.2) is 73.4 Å². The number of allylic oxidation sites excluding steroid dienone is 18. The number of aliphatic hydroxyl groups excluding tert-OH is 1. The molecule has 0 aromatic rings. The minimum absolute atomic E-state index is 0.0698. The predicted octanol–water partition coefficient (Wildman–Crippen LogP) is 18.0. The van der Waals surface area contributed by atoms with Gasteiger partial charge < -0.3 is 19.8 Å². The molecule has 0 saturated heterocycles. The van der Waals surface area contributed by atoms with Gasteiger partial charge in [0.05, 0.1) is 39.9 Å². The number of unbranched alkanes of at least 4 members (excludes halogenated alkanes) is 21. The number of rotatable bonds is 52. The summed E-state index contributed by atoms with van der Waals surface area (Å²) in [5, 5.41) is 14.0. The zero-order valence-corrected chi connectivity index (χ0v) is 48.0. The third-order valence-corrected chi connectivity index (χ3v) is 13.5. The molecule has 0 aliphatic carbocycles. The van der Waals surface area contributed by atoms with E-state index >= 15 is 0 Å². The number of likely N-dealkylation sites (N-methyl/N-ethyl adjacent to an activating group) is 1. The highest BCUT2D eigenvalue weighted by molar-refractivity contribution is 7.47. The second kappa shape index (κ2) is 53.0. The fourth-order valence-corrected chi connectivity index (χ4v) is 8.72. The van der Waals surface area contributed by atoms with Gasteiger partial charge in [-0.3, -0.25) is 13.8 Å². The van der Waals surface area contributed by atoms with Crippen molar-refractivity contribution in [3.63, 3.8) is 0 Å². The van der Waals surface area contributed by atoms with Gasteiger partial charge in [-0.25, -0.2) is 4.57 Å². The number of nitrogens with one attached hydrogen (secondary N) is 1. The van der Waals surface area contributed by atoms with Crippen molar-refractivity contribution in [2.45, 2.75) is 244 Å². The predicted molar refractivity (Wildman–Crippen MR) is 313 cm³/mol. The molecule has 0 fully saturated rings. The summed E-state index contributed by atoms with van der Waals surface area (Å²) in [5.41, 5.74) is 0. The molecule has 8 nitrogen and oxygen atoms in total. The number of hydrogen-bond donors (Lipinski definition) is 3. The quantitative estimate of drug-likeness (QED) is 0.0243. The maximum atomic E-state index is 13.0. The van der Waals surface area contributed by atoms with Gasteiger partial charge in [0.15, 0.2) is 0 Å². The number of amides is 1. The summed E-state index contributed by atoms with van der Waals surface area (Å²) in [7, 11) is 1.60. The molecule has 0 radical (unpaired) electrons. The van der Waals surface area contributed by atoms with Gasteiger partial charge in [0, 0.05) is 6.42 Å². The molecule has 0 aliphatic rings. The van der Waals surface area contributed by atoms with E-state index in [-0.39, 0.29) is 19.1 Å². The second-order valence-corrected chi connectivity index (χ2v) is 22.1. The van der Waals surface area contributed by atoms with Gasteiger partial charge in [-0.1, -0.05) is 252 Å². The highest BCUT2D eigenvalue weighted by Gasteiger charge is 2.28. The largest absolute Gasteiger partial charge is 0.472 e. The molecule has 9 heteroatoms. The van der Waals surface area contributed by atoms with Gasteiger partial charge in [0.25, 0.3) is 0 Å². The molecule has 72 heavy (non-hydrogen) atoms. The molecule has 3 N–H and O–H groups in total. The maximum absolute atomic E-state index is 13.0. The monoisotopic (exact) mass is 1020 g/mol. The average molecular weight is 1020 g/mol. The number of phosphoric acid groups is 1. The van der Waals surface area contributed by atoms with Crippen LogP contribution in [0.25, 0.3) is 0 Å². The van der Waals surface area contributed by atoms with Gasteiger partial charge in [-0.15, -0.1) is 0 Å². The maximum Gasteiger partial charge on any atom is 0.472 e. The highest BCUT2D eigenvalue weighted by Crippen LogP contribution is 2.43. The van der Waals surface area contributed by atoms with E-state index in [1.54, 1.807) is 0 Å². The van der Waals surface area contributed by atoms with Gasteiger partial charge in [0.1, 0.15) is 13.2 Å². The van der Waals surface area contributed by atoms with Crippen molar-refractivity contribution in [1.29, 1.82) is 0 Å². The Hall–Kier alpha value is -2.84. The van der Waals surface area contributed by atoms with Crippen LogP contribution in [-0.2, 0) is 18.4 Å². The van der Waals surface area contributed by atoms with E-state index in [0.717, 1.165) is 96.3 Å². The second-order valence-electron chi connectivity index (χ2n) is 20.6. The van der Waals surface area contributed by atoms with Crippen LogP contribution in [0.4, 0.5) is 0 Å². The fourth-order valence-electron chi connectivity index (χ4n) is 7.98. The van der Waals surface area contributed by atoms with Crippen molar-refractivity contribution in [3.8, 4) is 0 Å². The minimum atomic E-state index is -4.32. The van der Waals surface area contributed by atoms with Crippen molar-refractivity contribution < 1.29 is 32.9 Å². The molecule has 0 aliphatic heterocycles. The van der Waals surface area contributed by atoms with Crippen LogP contribution in [0.15, 0.2) is 109 Å². The molecule has 1 amide bonds. The van der Waals surface area contributed by atoms with Gasteiger partial charge >= 0.3 is 7.82 Å². The Morgan fingerprint density at radius 2 is 0.833 bits per heavy atom. The first-order valence-corrected chi connectivity index (χ1v) is 30.7. The number of carbonyl (C=O) groups is 1. The first kappa shape index (κ1) is 69.2. The smallest absolute Gasteiger partial charge is 0.391 e. The van der Waals surface area contributed by atoms with Gasteiger partial charge in [0.2, 0.25) is 5.91 Å². The summed E-state index contributed by atoms with van der Waals surface area (Å²) >= 11 is 0. The summed E-state index contributed by atoms with van der Waals surface area (Å²) in [6.45, 7) is 4.75. The standard InChI is InChI=1S/C63H111N2O6P/c1-6-8-10-12-14-16-18-19-20-21-22-23-24-25-26-27-28-29-30-31-32-33-34-35-36-37-38-39-40-41-42-43-44-45-47-49-51-53-55-57-63(67)64-61(60-71-72(68,69)70-59-58-65(3,4)5)62(66)56-54-52-50-48-46-17-15-13-11-9-7-2/h8,10,14,16,19-20,22-23,25-26,28-29,31-32,34-35,37-38,61-62,66H,6-7,9,11-13,15,17-18,21,24,27,30,33,36,39-60H2,1-5H3,(H-,64,67,68,69)/p+1/b10-8-,16-14-,20-19-,23-22-,26-25-,29-28-,32-31-,35-34-,38-37-. The van der Waals surface area contributed by atoms with E-state index in [4.69, 9.17) is 9.05 Å². The molecule has 0 rings (SSSR count). The molecule has 0 bridgehead atoms. The molecule has 0 spiro atoms. The topological polar surface area (TPSA) is 105 Å². The van der Waals surface area contributed by atoms with Gasteiger partial charge in [-0.05, 0) is 83.5 Å². The Labute approximate surface area is 444 Å². The molecule has 0 aromatic carbocycles. The summed E-state index contributed by atoms with van der Waals surface area (Å²) in [5.74, 6) is -0.153. The van der Waals surface area contributed by atoms with Crippen LogP contribution >= 0.6 is 7.82 Å². The first-order valence-electron chi connectivity index (χ1n) is 29.3. The van der Waals surface area contributed by atoms with E-state index in [9.17, 15) is 19.4 Å².